The standard InChI is InChI=1S/C14H16F2O2/c1-18-14(7-3-2-4-8-14)13(17)10-5-6-11(15)12(16)9-10/h5-6,9H,2-4,7-8H2,1H3. The molecule has 2 nitrogen and oxygen atoms in total. The van der Waals surface area contributed by atoms with Crippen molar-refractivity contribution in [2.75, 3.05) is 7.11 Å². The van der Waals surface area contributed by atoms with Gasteiger partial charge in [-0.3, -0.25) is 4.79 Å². The molecule has 1 saturated carbocycles. The van der Waals surface area contributed by atoms with E-state index in [1.54, 1.807) is 0 Å². The van der Waals surface area contributed by atoms with Crippen LogP contribution in [0.25, 0.3) is 0 Å². The van der Waals surface area contributed by atoms with E-state index in [9.17, 15) is 13.6 Å². The van der Waals surface area contributed by atoms with Gasteiger partial charge in [0.05, 0.1) is 0 Å². The lowest BCUT2D eigenvalue weighted by Crippen LogP contribution is -2.42. The lowest BCUT2D eigenvalue weighted by molar-refractivity contribution is -0.0194. The number of hydrogen-bond acceptors (Lipinski definition) is 2. The van der Waals surface area contributed by atoms with E-state index in [-0.39, 0.29) is 11.3 Å². The molecule has 0 saturated heterocycles. The van der Waals surface area contributed by atoms with Gasteiger partial charge in [0, 0.05) is 12.7 Å². The Labute approximate surface area is 105 Å². The lowest BCUT2D eigenvalue weighted by Gasteiger charge is -2.34. The van der Waals surface area contributed by atoms with Crippen molar-refractivity contribution < 1.29 is 18.3 Å². The van der Waals surface area contributed by atoms with Gasteiger partial charge in [0.25, 0.3) is 0 Å². The Kier molecular flexibility index (Phi) is 3.76. The molecule has 98 valence electrons. The average molecular weight is 254 g/mol. The Hall–Kier alpha value is -1.29. The smallest absolute Gasteiger partial charge is 0.194 e. The van der Waals surface area contributed by atoms with Crippen molar-refractivity contribution >= 4 is 5.78 Å². The fourth-order valence-electron chi connectivity index (χ4n) is 2.55. The van der Waals surface area contributed by atoms with Gasteiger partial charge in [-0.25, -0.2) is 8.78 Å². The molecule has 0 aliphatic heterocycles. The normalized spacial score (nSPS) is 18.6. The number of carbonyl (C=O) groups is 1. The summed E-state index contributed by atoms with van der Waals surface area (Å²) in [5, 5.41) is 0. The van der Waals surface area contributed by atoms with Crippen molar-refractivity contribution in [3.63, 3.8) is 0 Å². The highest BCUT2D eigenvalue weighted by Gasteiger charge is 2.40. The van der Waals surface area contributed by atoms with Crippen LogP contribution in [-0.2, 0) is 4.74 Å². The summed E-state index contributed by atoms with van der Waals surface area (Å²) in [7, 11) is 1.50. The summed E-state index contributed by atoms with van der Waals surface area (Å²) in [6.45, 7) is 0. The van der Waals surface area contributed by atoms with E-state index >= 15 is 0 Å². The molecule has 0 atom stereocenters. The summed E-state index contributed by atoms with van der Waals surface area (Å²) in [6, 6.07) is 3.25. The van der Waals surface area contributed by atoms with Crippen molar-refractivity contribution in [1.82, 2.24) is 0 Å². The Bertz CT molecular complexity index is 451. The SMILES string of the molecule is COC1(C(=O)c2ccc(F)c(F)c2)CCCCC1. The third kappa shape index (κ3) is 2.29. The monoisotopic (exact) mass is 254 g/mol. The van der Waals surface area contributed by atoms with Crippen LogP contribution in [0, 0.1) is 11.6 Å². The minimum atomic E-state index is -0.997. The highest BCUT2D eigenvalue weighted by molar-refractivity contribution is 6.02. The third-order valence-corrected chi connectivity index (χ3v) is 3.65. The van der Waals surface area contributed by atoms with Crippen LogP contribution in [0.3, 0.4) is 0 Å². The van der Waals surface area contributed by atoms with Gasteiger partial charge in [0.15, 0.2) is 17.4 Å². The van der Waals surface area contributed by atoms with Crippen molar-refractivity contribution in [2.45, 2.75) is 37.7 Å². The summed E-state index contributed by atoms with van der Waals surface area (Å²) in [4.78, 5) is 12.4. The third-order valence-electron chi connectivity index (χ3n) is 3.65. The first-order valence-electron chi connectivity index (χ1n) is 6.14. The molecule has 0 amide bonds. The second-order valence-electron chi connectivity index (χ2n) is 4.72. The van der Waals surface area contributed by atoms with Gasteiger partial charge in [-0.2, -0.15) is 0 Å². The van der Waals surface area contributed by atoms with E-state index < -0.39 is 17.2 Å². The number of methoxy groups -OCH3 is 1. The zero-order valence-electron chi connectivity index (χ0n) is 10.3. The maximum Gasteiger partial charge on any atom is 0.194 e. The van der Waals surface area contributed by atoms with Crippen LogP contribution >= 0.6 is 0 Å². The largest absolute Gasteiger partial charge is 0.370 e. The fraction of sp³-hybridized carbons (Fsp3) is 0.500. The molecule has 1 aromatic rings. The molecule has 2 rings (SSSR count). The lowest BCUT2D eigenvalue weighted by atomic mass is 9.79. The van der Waals surface area contributed by atoms with E-state index in [1.165, 1.54) is 13.2 Å². The molecule has 1 aliphatic carbocycles. The molecule has 0 unspecified atom stereocenters. The number of hydrogen-bond donors (Lipinski definition) is 0. The van der Waals surface area contributed by atoms with Crippen LogP contribution in [0.1, 0.15) is 42.5 Å². The van der Waals surface area contributed by atoms with Gasteiger partial charge in [0.1, 0.15) is 5.60 Å². The summed E-state index contributed by atoms with van der Waals surface area (Å²) in [5.41, 5.74) is -0.680. The maximum atomic E-state index is 13.2. The van der Waals surface area contributed by atoms with E-state index in [0.717, 1.165) is 31.4 Å². The highest BCUT2D eigenvalue weighted by atomic mass is 19.2. The molecule has 0 heterocycles. The van der Waals surface area contributed by atoms with E-state index in [2.05, 4.69) is 0 Å². The number of ether oxygens (including phenoxy) is 1. The number of Topliss-reactive ketones (excluding diaryl/α,β-unsaturated/α-hetero) is 1. The quantitative estimate of drug-likeness (QED) is 0.772. The molecule has 0 aromatic heterocycles. The molecule has 4 heteroatoms. The molecule has 0 spiro atoms. The molecular formula is C14H16F2O2. The van der Waals surface area contributed by atoms with E-state index in [1.807, 2.05) is 0 Å². The number of carbonyl (C=O) groups excluding carboxylic acids is 1. The molecule has 0 radical (unpaired) electrons. The summed E-state index contributed by atoms with van der Waals surface area (Å²) < 4.78 is 31.4. The van der Waals surface area contributed by atoms with Gasteiger partial charge in [-0.1, -0.05) is 19.3 Å². The van der Waals surface area contributed by atoms with Crippen molar-refractivity contribution in [3.8, 4) is 0 Å². The van der Waals surface area contributed by atoms with Crippen molar-refractivity contribution in [2.24, 2.45) is 0 Å². The van der Waals surface area contributed by atoms with Crippen LogP contribution < -0.4 is 0 Å². The molecule has 0 N–H and O–H groups in total. The second kappa shape index (κ2) is 5.14. The van der Waals surface area contributed by atoms with Gasteiger partial charge < -0.3 is 4.74 Å². The van der Waals surface area contributed by atoms with Crippen LogP contribution in [0.4, 0.5) is 8.78 Å². The average Bonchev–Trinajstić information content (AvgIpc) is 2.42. The van der Waals surface area contributed by atoms with Gasteiger partial charge >= 0.3 is 0 Å². The minimum Gasteiger partial charge on any atom is -0.370 e. The molecule has 1 aliphatic rings. The highest BCUT2D eigenvalue weighted by Crippen LogP contribution is 2.34. The summed E-state index contributed by atoms with van der Waals surface area (Å²) >= 11 is 0. The van der Waals surface area contributed by atoms with Crippen molar-refractivity contribution in [3.05, 3.63) is 35.4 Å². The Morgan fingerprint density at radius 3 is 2.39 bits per heavy atom. The maximum absolute atomic E-state index is 13.2. The first-order valence-corrected chi connectivity index (χ1v) is 6.14. The number of benzene rings is 1. The minimum absolute atomic E-state index is 0.178. The summed E-state index contributed by atoms with van der Waals surface area (Å²) in [6.07, 6.45) is 4.20. The predicted molar refractivity (Wildman–Crippen MR) is 63.5 cm³/mol. The van der Waals surface area contributed by atoms with Gasteiger partial charge in [-0.15, -0.1) is 0 Å². The van der Waals surface area contributed by atoms with Crippen LogP contribution in [0.15, 0.2) is 18.2 Å². The zero-order valence-corrected chi connectivity index (χ0v) is 10.3. The number of halogens is 2. The summed E-state index contributed by atoms with van der Waals surface area (Å²) in [5.74, 6) is -2.19. The molecule has 1 fully saturated rings. The zero-order chi connectivity index (χ0) is 13.2. The molecular weight excluding hydrogens is 238 g/mol. The fourth-order valence-corrected chi connectivity index (χ4v) is 2.55. The second-order valence-corrected chi connectivity index (χ2v) is 4.72. The van der Waals surface area contributed by atoms with Crippen LogP contribution in [0.2, 0.25) is 0 Å². The number of ketones is 1. The first kappa shape index (κ1) is 13.1. The molecule has 1 aromatic carbocycles. The first-order chi connectivity index (χ1) is 8.59. The predicted octanol–water partition coefficient (Wildman–Crippen LogP) is 3.50. The Balaban J connectivity index is 2.30. The Morgan fingerprint density at radius 2 is 1.83 bits per heavy atom. The number of rotatable bonds is 3. The van der Waals surface area contributed by atoms with Crippen LogP contribution in [0.5, 0.6) is 0 Å². The molecule has 0 bridgehead atoms. The van der Waals surface area contributed by atoms with E-state index in [4.69, 9.17) is 4.74 Å². The van der Waals surface area contributed by atoms with Gasteiger partial charge in [0.2, 0.25) is 0 Å². The topological polar surface area (TPSA) is 26.3 Å². The van der Waals surface area contributed by atoms with Crippen LogP contribution in [-0.4, -0.2) is 18.5 Å². The van der Waals surface area contributed by atoms with Gasteiger partial charge in [-0.05, 0) is 31.0 Å². The van der Waals surface area contributed by atoms with Crippen molar-refractivity contribution in [1.29, 1.82) is 0 Å². The Morgan fingerprint density at radius 1 is 1.17 bits per heavy atom. The molecule has 18 heavy (non-hydrogen) atoms. The van der Waals surface area contributed by atoms with E-state index in [0.29, 0.717) is 12.8 Å².